The minimum atomic E-state index is -0.647. The second-order valence-corrected chi connectivity index (χ2v) is 8.44. The number of benzene rings is 2. The minimum absolute atomic E-state index is 0.186. The average Bonchev–Trinajstić information content (AvgIpc) is 2.95. The maximum Gasteiger partial charge on any atom is 0.295 e. The predicted octanol–water partition coefficient (Wildman–Crippen LogP) is 3.79. The fourth-order valence-corrected chi connectivity index (χ4v) is 3.79. The Kier molecular flexibility index (Phi) is 8.51. The smallest absolute Gasteiger partial charge is 0.295 e. The third-order valence-corrected chi connectivity index (χ3v) is 5.84. The Morgan fingerprint density at radius 1 is 1.11 bits per heavy atom. The van der Waals surface area contributed by atoms with E-state index >= 15 is 0 Å². The molecule has 2 amide bonds. The van der Waals surface area contributed by atoms with E-state index in [1.165, 1.54) is 18.2 Å². The van der Waals surface area contributed by atoms with Crippen LogP contribution in [0.1, 0.15) is 10.4 Å². The van der Waals surface area contributed by atoms with Crippen molar-refractivity contribution in [3.63, 3.8) is 0 Å². The van der Waals surface area contributed by atoms with Crippen molar-refractivity contribution in [2.24, 2.45) is 0 Å². The number of morpholine rings is 1. The monoisotopic (exact) mass is 536 g/mol. The SMILES string of the molecule is C=CC(=O)Nc1cc(Nc2ncc(Cl)c(Nc3ccccc3C(=O)C(=O)N3CCOCC3)n2)ccc1OC. The lowest BCUT2D eigenvalue weighted by atomic mass is 10.1. The number of ketones is 1. The summed E-state index contributed by atoms with van der Waals surface area (Å²) >= 11 is 6.34. The molecule has 0 radical (unpaired) electrons. The Hall–Kier alpha value is -4.48. The van der Waals surface area contributed by atoms with E-state index in [1.54, 1.807) is 42.5 Å². The number of halogens is 1. The van der Waals surface area contributed by atoms with Crippen molar-refractivity contribution in [2.45, 2.75) is 0 Å². The lowest BCUT2D eigenvalue weighted by Crippen LogP contribution is -2.44. The molecule has 3 aromatic rings. The van der Waals surface area contributed by atoms with Crippen LogP contribution in [-0.4, -0.2) is 65.9 Å². The van der Waals surface area contributed by atoms with Gasteiger partial charge in [0, 0.05) is 18.8 Å². The quantitative estimate of drug-likeness (QED) is 0.212. The van der Waals surface area contributed by atoms with Crippen molar-refractivity contribution in [3.05, 3.63) is 71.9 Å². The molecule has 1 aliphatic rings. The van der Waals surface area contributed by atoms with Gasteiger partial charge in [0.2, 0.25) is 11.9 Å². The first kappa shape index (κ1) is 26.6. The molecule has 38 heavy (non-hydrogen) atoms. The van der Waals surface area contributed by atoms with Gasteiger partial charge in [0.1, 0.15) is 10.8 Å². The molecular formula is C26H25ClN6O5. The summed E-state index contributed by atoms with van der Waals surface area (Å²) in [4.78, 5) is 47.7. The molecular weight excluding hydrogens is 512 g/mol. The number of methoxy groups -OCH3 is 1. The highest BCUT2D eigenvalue weighted by molar-refractivity contribution is 6.44. The number of hydrogen-bond donors (Lipinski definition) is 3. The fraction of sp³-hybridized carbons (Fsp3) is 0.192. The number of ether oxygens (including phenoxy) is 2. The highest BCUT2D eigenvalue weighted by atomic mass is 35.5. The molecule has 1 fully saturated rings. The summed E-state index contributed by atoms with van der Waals surface area (Å²) < 4.78 is 10.6. The van der Waals surface area contributed by atoms with Gasteiger partial charge in [-0.2, -0.15) is 4.98 Å². The number of hydrogen-bond acceptors (Lipinski definition) is 9. The Morgan fingerprint density at radius 3 is 2.61 bits per heavy atom. The van der Waals surface area contributed by atoms with Crippen LogP contribution in [0.3, 0.4) is 0 Å². The summed E-state index contributed by atoms with van der Waals surface area (Å²) in [7, 11) is 1.49. The molecule has 3 N–H and O–H groups in total. The van der Waals surface area contributed by atoms with Crippen LogP contribution in [0.4, 0.5) is 28.8 Å². The van der Waals surface area contributed by atoms with Crippen LogP contribution in [0.25, 0.3) is 0 Å². The molecule has 11 nitrogen and oxygen atoms in total. The van der Waals surface area contributed by atoms with Crippen molar-refractivity contribution in [2.75, 3.05) is 49.4 Å². The topological polar surface area (TPSA) is 135 Å². The number of amides is 2. The van der Waals surface area contributed by atoms with Crippen molar-refractivity contribution < 1.29 is 23.9 Å². The molecule has 0 spiro atoms. The largest absolute Gasteiger partial charge is 0.495 e. The van der Waals surface area contributed by atoms with Gasteiger partial charge in [-0.3, -0.25) is 14.4 Å². The third kappa shape index (κ3) is 6.25. The van der Waals surface area contributed by atoms with E-state index < -0.39 is 17.6 Å². The average molecular weight is 537 g/mol. The first-order chi connectivity index (χ1) is 18.4. The van der Waals surface area contributed by atoms with Gasteiger partial charge in [-0.05, 0) is 36.4 Å². The number of carbonyl (C=O) groups excluding carboxylic acids is 3. The van der Waals surface area contributed by atoms with E-state index in [9.17, 15) is 14.4 Å². The van der Waals surface area contributed by atoms with Crippen molar-refractivity contribution >= 4 is 58.0 Å². The van der Waals surface area contributed by atoms with Crippen LogP contribution in [0, 0.1) is 0 Å². The number of Topliss-reactive ketones (excluding diaryl/α,β-unsaturated/α-hetero) is 1. The van der Waals surface area contributed by atoms with Crippen molar-refractivity contribution in [1.29, 1.82) is 0 Å². The number of carbonyl (C=O) groups is 3. The van der Waals surface area contributed by atoms with Gasteiger partial charge in [0.05, 0.1) is 43.5 Å². The highest BCUT2D eigenvalue weighted by Gasteiger charge is 2.26. The van der Waals surface area contributed by atoms with Gasteiger partial charge in [0.15, 0.2) is 5.82 Å². The van der Waals surface area contributed by atoms with E-state index in [0.29, 0.717) is 49.1 Å². The summed E-state index contributed by atoms with van der Waals surface area (Å²) in [5.41, 5.74) is 1.53. The van der Waals surface area contributed by atoms with Gasteiger partial charge in [-0.25, -0.2) is 4.98 Å². The number of aromatic nitrogens is 2. The van der Waals surface area contributed by atoms with Gasteiger partial charge >= 0.3 is 0 Å². The summed E-state index contributed by atoms with van der Waals surface area (Å²) in [6.45, 7) is 4.95. The van der Waals surface area contributed by atoms with Gasteiger partial charge in [-0.1, -0.05) is 30.3 Å². The molecule has 1 aliphatic heterocycles. The summed E-state index contributed by atoms with van der Waals surface area (Å²) in [6.07, 6.45) is 2.54. The minimum Gasteiger partial charge on any atom is -0.495 e. The molecule has 0 aliphatic carbocycles. The maximum atomic E-state index is 13.0. The molecule has 4 rings (SSSR count). The summed E-state index contributed by atoms with van der Waals surface area (Å²) in [5.74, 6) is -0.773. The standard InChI is InChI=1S/C26H25ClN6O5/c1-3-22(34)30-20-14-16(8-9-21(20)37-2)29-26-28-15-18(27)24(32-26)31-19-7-5-4-6-17(19)23(35)25(36)33-10-12-38-13-11-33/h3-9,14-15H,1,10-13H2,2H3,(H,30,34)(H2,28,29,31,32). The molecule has 0 unspecified atom stereocenters. The Bertz CT molecular complexity index is 1380. The zero-order valence-corrected chi connectivity index (χ0v) is 21.2. The normalized spacial score (nSPS) is 12.8. The van der Waals surface area contributed by atoms with Gasteiger partial charge < -0.3 is 30.3 Å². The van der Waals surface area contributed by atoms with Crippen LogP contribution in [0.2, 0.25) is 5.02 Å². The Morgan fingerprint density at radius 2 is 1.87 bits per heavy atom. The lowest BCUT2D eigenvalue weighted by Gasteiger charge is -2.26. The van der Waals surface area contributed by atoms with Crippen LogP contribution < -0.4 is 20.7 Å². The van der Waals surface area contributed by atoms with Crippen molar-refractivity contribution in [3.8, 4) is 5.75 Å². The zero-order chi connectivity index (χ0) is 27.1. The molecule has 2 heterocycles. The number of anilines is 5. The molecule has 0 saturated carbocycles. The van der Waals surface area contributed by atoms with Gasteiger partial charge in [-0.15, -0.1) is 0 Å². The Labute approximate surface area is 223 Å². The Balaban J connectivity index is 1.56. The lowest BCUT2D eigenvalue weighted by molar-refractivity contribution is -0.130. The first-order valence-electron chi connectivity index (χ1n) is 11.6. The van der Waals surface area contributed by atoms with Crippen LogP contribution in [0.5, 0.6) is 5.75 Å². The second-order valence-electron chi connectivity index (χ2n) is 8.03. The molecule has 1 saturated heterocycles. The number of para-hydroxylation sites is 1. The number of nitrogens with one attached hydrogen (secondary N) is 3. The second kappa shape index (κ2) is 12.2. The fourth-order valence-electron chi connectivity index (χ4n) is 3.65. The summed E-state index contributed by atoms with van der Waals surface area (Å²) in [5, 5.41) is 8.96. The zero-order valence-electron chi connectivity index (χ0n) is 20.5. The van der Waals surface area contributed by atoms with Crippen LogP contribution >= 0.6 is 11.6 Å². The van der Waals surface area contributed by atoms with E-state index in [4.69, 9.17) is 21.1 Å². The predicted molar refractivity (Wildman–Crippen MR) is 144 cm³/mol. The number of nitrogens with zero attached hydrogens (tertiary/aromatic N) is 3. The maximum absolute atomic E-state index is 13.0. The van der Waals surface area contributed by atoms with Gasteiger partial charge in [0.25, 0.3) is 11.7 Å². The molecule has 2 aromatic carbocycles. The molecule has 12 heteroatoms. The van der Waals surface area contributed by atoms with Crippen LogP contribution in [0.15, 0.2) is 61.3 Å². The first-order valence-corrected chi connectivity index (χ1v) is 12.0. The van der Waals surface area contributed by atoms with Crippen LogP contribution in [-0.2, 0) is 14.3 Å². The molecule has 0 atom stereocenters. The molecule has 0 bridgehead atoms. The van der Waals surface area contributed by atoms with E-state index in [0.717, 1.165) is 6.08 Å². The third-order valence-electron chi connectivity index (χ3n) is 5.56. The van der Waals surface area contributed by atoms with E-state index in [1.807, 2.05) is 0 Å². The summed E-state index contributed by atoms with van der Waals surface area (Å²) in [6, 6.07) is 11.7. The van der Waals surface area contributed by atoms with E-state index in [-0.39, 0.29) is 22.4 Å². The molecule has 196 valence electrons. The van der Waals surface area contributed by atoms with Crippen molar-refractivity contribution in [1.82, 2.24) is 14.9 Å². The highest BCUT2D eigenvalue weighted by Crippen LogP contribution is 2.31. The number of rotatable bonds is 9. The molecule has 1 aromatic heterocycles. The van der Waals surface area contributed by atoms with E-state index in [2.05, 4.69) is 32.5 Å².